The quantitative estimate of drug-likeness (QED) is 0.0705. The highest BCUT2D eigenvalue weighted by Gasteiger charge is 2.43. The van der Waals surface area contributed by atoms with Gasteiger partial charge in [0.05, 0.1) is 23.0 Å². The number of fused-ring (bicyclic) bond motifs is 5. The van der Waals surface area contributed by atoms with Crippen molar-refractivity contribution < 1.29 is 38.2 Å². The van der Waals surface area contributed by atoms with Crippen LogP contribution in [0, 0.1) is 25.2 Å². The first-order valence-corrected chi connectivity index (χ1v) is 22.8. The minimum atomic E-state index is -1.41. The minimum Gasteiger partial charge on any atom is -0.492 e. The van der Waals surface area contributed by atoms with Crippen LogP contribution < -0.4 is 52.7 Å². The molecular formula is C49H61N11O8. The van der Waals surface area contributed by atoms with Gasteiger partial charge in [-0.05, 0) is 113 Å². The summed E-state index contributed by atoms with van der Waals surface area (Å²) in [5.74, 6) is -1.43. The van der Waals surface area contributed by atoms with E-state index in [9.17, 15) is 29.2 Å². The third kappa shape index (κ3) is 11.9. The van der Waals surface area contributed by atoms with Crippen molar-refractivity contribution in [2.45, 2.75) is 89.6 Å². The molecule has 0 radical (unpaired) electrons. The smallest absolute Gasteiger partial charge is 0.255 e. The van der Waals surface area contributed by atoms with Crippen molar-refractivity contribution in [1.29, 1.82) is 5.26 Å². The molecule has 1 aliphatic heterocycles. The fourth-order valence-electron chi connectivity index (χ4n) is 8.12. The van der Waals surface area contributed by atoms with E-state index in [-0.39, 0.29) is 63.4 Å². The summed E-state index contributed by atoms with van der Waals surface area (Å²) in [6.45, 7) is 7.27. The Hall–Kier alpha value is -7.14. The molecule has 2 aliphatic rings. The van der Waals surface area contributed by atoms with Crippen molar-refractivity contribution in [1.82, 2.24) is 36.1 Å². The highest BCUT2D eigenvalue weighted by Crippen LogP contribution is 2.43. The van der Waals surface area contributed by atoms with Gasteiger partial charge in [0.25, 0.3) is 5.91 Å². The van der Waals surface area contributed by atoms with Crippen LogP contribution in [0.1, 0.15) is 78.4 Å². The maximum absolute atomic E-state index is 14.8. The first-order chi connectivity index (χ1) is 32.7. The van der Waals surface area contributed by atoms with Gasteiger partial charge < -0.3 is 57.6 Å². The number of likely N-dealkylation sites (N-methyl/N-ethyl adjacent to an activating group) is 1. The lowest BCUT2D eigenvalue weighted by atomic mass is 9.93. The van der Waals surface area contributed by atoms with Gasteiger partial charge in [0.15, 0.2) is 5.82 Å². The van der Waals surface area contributed by atoms with Crippen LogP contribution in [0.5, 0.6) is 17.2 Å². The molecule has 1 aromatic heterocycles. The molecule has 4 unspecified atom stereocenters. The second kappa shape index (κ2) is 22.6. The van der Waals surface area contributed by atoms with Gasteiger partial charge in [-0.2, -0.15) is 5.26 Å². The Balaban J connectivity index is 1.36. The van der Waals surface area contributed by atoms with Crippen LogP contribution in [0.3, 0.4) is 0 Å². The number of benzene rings is 3. The number of rotatable bonds is 18. The molecule has 5 amide bonds. The highest BCUT2D eigenvalue weighted by atomic mass is 16.5. The molecule has 0 spiro atoms. The number of nitriles is 1. The summed E-state index contributed by atoms with van der Waals surface area (Å²) in [6.07, 6.45) is 2.98. The van der Waals surface area contributed by atoms with Gasteiger partial charge in [-0.3, -0.25) is 24.0 Å². The van der Waals surface area contributed by atoms with E-state index in [0.717, 1.165) is 30.6 Å². The highest BCUT2D eigenvalue weighted by molar-refractivity contribution is 6.00. The van der Waals surface area contributed by atoms with Crippen molar-refractivity contribution in [3.05, 3.63) is 88.7 Å². The fraction of sp³-hybridized carbons (Fsp3) is 0.429. The third-order valence-electron chi connectivity index (χ3n) is 12.0. The number of aromatic nitrogens is 2. The average molecular weight is 932 g/mol. The van der Waals surface area contributed by atoms with Crippen LogP contribution in [0.2, 0.25) is 0 Å². The predicted molar refractivity (Wildman–Crippen MR) is 253 cm³/mol. The van der Waals surface area contributed by atoms with Gasteiger partial charge in [0.2, 0.25) is 23.6 Å². The molecule has 0 saturated heterocycles. The lowest BCUT2D eigenvalue weighted by molar-refractivity contribution is -0.141. The number of nitrogens with two attached hydrogens (primary N) is 3. The molecule has 68 heavy (non-hydrogen) atoms. The lowest BCUT2D eigenvalue weighted by Crippen LogP contribution is -2.56. The SMILES string of the molecule is CCC1(Oc2ccc(-c3nc(C)c(C(=O)NC(CCN)C(=O)N(C)C4C(=O)NC(C)C(=O)NC(C(=O)NCC#N)Cc5ccc(OCCN)c(c5)-c5cc4ccc5OCCN)c(C)n3)cc2)CC1. The number of nitrogens with one attached hydrogen (secondary N) is 4. The van der Waals surface area contributed by atoms with Gasteiger partial charge in [0, 0.05) is 43.2 Å². The van der Waals surface area contributed by atoms with Gasteiger partial charge in [-0.1, -0.05) is 19.1 Å². The normalized spacial score (nSPS) is 17.8. The van der Waals surface area contributed by atoms with Crippen LogP contribution in [-0.4, -0.2) is 115 Å². The molecule has 360 valence electrons. The van der Waals surface area contributed by atoms with E-state index in [1.165, 1.54) is 18.9 Å². The van der Waals surface area contributed by atoms with Crippen LogP contribution in [0.4, 0.5) is 0 Å². The van der Waals surface area contributed by atoms with Crippen LogP contribution in [-0.2, 0) is 25.6 Å². The number of ether oxygens (including phenoxy) is 3. The largest absolute Gasteiger partial charge is 0.492 e. The van der Waals surface area contributed by atoms with E-state index in [2.05, 4.69) is 38.2 Å². The summed E-state index contributed by atoms with van der Waals surface area (Å²) in [7, 11) is 1.41. The van der Waals surface area contributed by atoms with Crippen molar-refractivity contribution >= 4 is 29.5 Å². The summed E-state index contributed by atoms with van der Waals surface area (Å²) in [6, 6.07) is 14.5. The van der Waals surface area contributed by atoms with Crippen LogP contribution >= 0.6 is 0 Å². The number of hydrogen-bond donors (Lipinski definition) is 7. The second-order valence-electron chi connectivity index (χ2n) is 16.9. The predicted octanol–water partition coefficient (Wildman–Crippen LogP) is 2.26. The molecule has 4 atom stereocenters. The van der Waals surface area contributed by atoms with Crippen molar-refractivity contribution in [2.24, 2.45) is 17.2 Å². The maximum Gasteiger partial charge on any atom is 0.255 e. The number of carbonyl (C=O) groups excluding carboxylic acids is 5. The standard InChI is InChI=1S/C49H61N11O8/c1-6-49(16-17-49)68-34-11-8-32(9-12-34)43-55-28(2)41(29(3)56-43)46(63)58-37(15-18-50)48(65)60(5)42-33-10-14-40(67-24-21-53)36(27-33)35-25-31(7-13-39(35)66-23-20-52)26-38(45(62)54-22-19-51)59-44(61)30(4)57-47(42)64/h7-14,25,27,30,37-38,42H,6,15-18,20-24,26,50,52-53H2,1-5H3,(H,54,62)(H,57,64)(H,58,63)(H,59,61). The molecule has 3 aromatic carbocycles. The Bertz CT molecular complexity index is 2520. The third-order valence-corrected chi connectivity index (χ3v) is 12.0. The zero-order valence-electron chi connectivity index (χ0n) is 39.1. The monoisotopic (exact) mass is 931 g/mol. The van der Waals surface area contributed by atoms with Gasteiger partial charge in [-0.25, -0.2) is 9.97 Å². The lowest BCUT2D eigenvalue weighted by Gasteiger charge is -2.32. The average Bonchev–Trinajstić information content (AvgIpc) is 4.10. The molecule has 10 N–H and O–H groups in total. The van der Waals surface area contributed by atoms with E-state index >= 15 is 0 Å². The molecular weight excluding hydrogens is 871 g/mol. The summed E-state index contributed by atoms with van der Waals surface area (Å²) in [4.78, 5) is 81.2. The first kappa shape index (κ1) is 50.3. The molecule has 19 nitrogen and oxygen atoms in total. The Morgan fingerprint density at radius 1 is 0.897 bits per heavy atom. The van der Waals surface area contributed by atoms with Crippen LogP contribution in [0.15, 0.2) is 60.7 Å². The van der Waals surface area contributed by atoms with Gasteiger partial charge in [-0.15, -0.1) is 0 Å². The van der Waals surface area contributed by atoms with Gasteiger partial charge >= 0.3 is 0 Å². The Morgan fingerprint density at radius 3 is 2.12 bits per heavy atom. The van der Waals surface area contributed by atoms with Crippen molar-refractivity contribution in [3.8, 4) is 45.8 Å². The summed E-state index contributed by atoms with van der Waals surface area (Å²) in [5, 5.41) is 19.9. The molecule has 4 bridgehead atoms. The molecule has 1 aliphatic carbocycles. The van der Waals surface area contributed by atoms with E-state index in [0.29, 0.717) is 51.0 Å². The Morgan fingerprint density at radius 2 is 1.53 bits per heavy atom. The topological polar surface area (TPSA) is 292 Å². The van der Waals surface area contributed by atoms with E-state index < -0.39 is 53.7 Å². The fourth-order valence-corrected chi connectivity index (χ4v) is 8.12. The van der Waals surface area contributed by atoms with Crippen molar-refractivity contribution in [2.75, 3.05) is 46.4 Å². The molecule has 19 heteroatoms. The van der Waals surface area contributed by atoms with E-state index in [1.807, 2.05) is 30.3 Å². The number of amides is 5. The first-order valence-electron chi connectivity index (χ1n) is 22.8. The van der Waals surface area contributed by atoms with E-state index in [4.69, 9.17) is 31.4 Å². The number of aryl methyl sites for hydroxylation is 2. The number of hydrogen-bond acceptors (Lipinski definition) is 14. The maximum atomic E-state index is 14.8. The molecule has 2 heterocycles. The van der Waals surface area contributed by atoms with Crippen LogP contribution in [0.25, 0.3) is 22.5 Å². The second-order valence-corrected chi connectivity index (χ2v) is 16.9. The summed E-state index contributed by atoms with van der Waals surface area (Å²) >= 11 is 0. The zero-order valence-corrected chi connectivity index (χ0v) is 39.1. The minimum absolute atomic E-state index is 0.000748. The number of nitrogens with zero attached hydrogens (tertiary/aromatic N) is 4. The molecule has 4 aromatic rings. The van der Waals surface area contributed by atoms with E-state index in [1.54, 1.807) is 50.2 Å². The summed E-state index contributed by atoms with van der Waals surface area (Å²) in [5.41, 5.74) is 21.2. The Kier molecular flexibility index (Phi) is 16.7. The molecule has 1 saturated carbocycles. The molecule has 1 fully saturated rings. The van der Waals surface area contributed by atoms with Gasteiger partial charge in [0.1, 0.15) is 66.8 Å². The van der Waals surface area contributed by atoms with Crippen molar-refractivity contribution in [3.63, 3.8) is 0 Å². The zero-order chi connectivity index (χ0) is 49.1. The number of carbonyl (C=O) groups is 5. The molecule has 6 rings (SSSR count). The summed E-state index contributed by atoms with van der Waals surface area (Å²) < 4.78 is 18.4. The Labute approximate surface area is 395 Å².